The van der Waals surface area contributed by atoms with Crippen LogP contribution in [0.5, 0.6) is 5.75 Å². The SMILES string of the molecule is CC(C)(C)c1noc(C2CC(c3ccc(OC(F)(F)F)cc3)CN(C(=O)N3CCC(N)CC3)C2)n1. The Morgan fingerprint density at radius 3 is 2.26 bits per heavy atom. The van der Waals surface area contributed by atoms with Gasteiger partial charge in [-0.1, -0.05) is 38.1 Å². The molecule has 0 bridgehead atoms. The monoisotopic (exact) mass is 495 g/mol. The third-order valence-electron chi connectivity index (χ3n) is 6.58. The van der Waals surface area contributed by atoms with E-state index in [1.807, 2.05) is 25.7 Å². The zero-order valence-electron chi connectivity index (χ0n) is 20.2. The first kappa shape index (κ1) is 25.3. The lowest BCUT2D eigenvalue weighted by atomic mass is 9.84. The Morgan fingerprint density at radius 1 is 1.06 bits per heavy atom. The van der Waals surface area contributed by atoms with Gasteiger partial charge in [0.25, 0.3) is 0 Å². The van der Waals surface area contributed by atoms with Crippen LogP contribution in [0.3, 0.4) is 0 Å². The van der Waals surface area contributed by atoms with Crippen LogP contribution in [0.1, 0.15) is 69.1 Å². The molecule has 0 radical (unpaired) electrons. The first-order valence-corrected chi connectivity index (χ1v) is 11.9. The molecule has 2 aliphatic heterocycles. The van der Waals surface area contributed by atoms with E-state index in [1.54, 1.807) is 17.0 Å². The number of rotatable bonds is 3. The van der Waals surface area contributed by atoms with Crippen LogP contribution in [0.25, 0.3) is 0 Å². The summed E-state index contributed by atoms with van der Waals surface area (Å²) in [5, 5.41) is 4.14. The molecule has 2 saturated heterocycles. The molecule has 192 valence electrons. The Hall–Kier alpha value is -2.82. The van der Waals surface area contributed by atoms with Gasteiger partial charge in [-0.3, -0.25) is 0 Å². The minimum Gasteiger partial charge on any atom is -0.406 e. The molecule has 2 amide bonds. The summed E-state index contributed by atoms with van der Waals surface area (Å²) in [5.41, 5.74) is 6.53. The minimum absolute atomic E-state index is 0.0702. The van der Waals surface area contributed by atoms with Crippen molar-refractivity contribution in [3.63, 3.8) is 0 Å². The molecule has 1 aromatic carbocycles. The summed E-state index contributed by atoms with van der Waals surface area (Å²) in [6.45, 7) is 8.05. The van der Waals surface area contributed by atoms with Gasteiger partial charge in [0.05, 0.1) is 5.92 Å². The Morgan fingerprint density at radius 2 is 1.69 bits per heavy atom. The molecule has 1 aromatic heterocycles. The van der Waals surface area contributed by atoms with Gasteiger partial charge in [0, 0.05) is 43.6 Å². The molecule has 35 heavy (non-hydrogen) atoms. The number of hydrogen-bond acceptors (Lipinski definition) is 6. The van der Waals surface area contributed by atoms with Crippen LogP contribution >= 0.6 is 0 Å². The maximum atomic E-state index is 13.4. The van der Waals surface area contributed by atoms with Crippen LogP contribution in [-0.2, 0) is 5.41 Å². The molecule has 2 aromatic rings. The third kappa shape index (κ3) is 6.25. The molecule has 8 nitrogen and oxygen atoms in total. The standard InChI is InChI=1S/C24H32F3N5O3/c1-23(2,3)21-29-20(35-30-21)17-12-16(15-4-6-19(7-5-15)34-24(25,26)27)13-32(14-17)22(33)31-10-8-18(28)9-11-31/h4-7,16-18H,8-14,28H2,1-3H3. The normalized spacial score (nSPS) is 22.4. The van der Waals surface area contributed by atoms with E-state index in [2.05, 4.69) is 14.9 Å². The number of carbonyl (C=O) groups excluding carboxylic acids is 1. The van der Waals surface area contributed by atoms with Crippen molar-refractivity contribution in [2.45, 2.75) is 69.7 Å². The highest BCUT2D eigenvalue weighted by Crippen LogP contribution is 2.37. The number of likely N-dealkylation sites (tertiary alicyclic amines) is 2. The number of piperidine rings is 2. The largest absolute Gasteiger partial charge is 0.573 e. The second-order valence-electron chi connectivity index (χ2n) is 10.5. The Bertz CT molecular complexity index is 1010. The summed E-state index contributed by atoms with van der Waals surface area (Å²) in [6.07, 6.45) is -2.61. The molecule has 3 heterocycles. The Labute approximate surface area is 202 Å². The topological polar surface area (TPSA) is 97.7 Å². The molecule has 4 rings (SSSR count). The molecule has 0 spiro atoms. The van der Waals surface area contributed by atoms with Gasteiger partial charge in [0.2, 0.25) is 5.89 Å². The van der Waals surface area contributed by atoms with Crippen LogP contribution in [0.15, 0.2) is 28.8 Å². The van der Waals surface area contributed by atoms with Crippen LogP contribution in [0.2, 0.25) is 0 Å². The average Bonchev–Trinajstić information content (AvgIpc) is 3.29. The van der Waals surface area contributed by atoms with Crippen molar-refractivity contribution in [2.75, 3.05) is 26.2 Å². The van der Waals surface area contributed by atoms with Crippen molar-refractivity contribution >= 4 is 6.03 Å². The first-order chi connectivity index (χ1) is 16.4. The van der Waals surface area contributed by atoms with E-state index in [0.29, 0.717) is 44.3 Å². The van der Waals surface area contributed by atoms with Gasteiger partial charge in [-0.15, -0.1) is 13.2 Å². The van der Waals surface area contributed by atoms with Crippen molar-refractivity contribution in [2.24, 2.45) is 5.73 Å². The molecule has 2 N–H and O–H groups in total. The molecular formula is C24H32F3N5O3. The highest BCUT2D eigenvalue weighted by atomic mass is 19.4. The number of amides is 2. The summed E-state index contributed by atoms with van der Waals surface area (Å²) in [6, 6.07) is 5.87. The molecule has 2 unspecified atom stereocenters. The fraction of sp³-hybridized carbons (Fsp3) is 0.625. The average molecular weight is 496 g/mol. The smallest absolute Gasteiger partial charge is 0.406 e. The van der Waals surface area contributed by atoms with E-state index in [9.17, 15) is 18.0 Å². The number of aromatic nitrogens is 2. The van der Waals surface area contributed by atoms with E-state index in [4.69, 9.17) is 10.3 Å². The number of benzene rings is 1. The minimum atomic E-state index is -4.75. The van der Waals surface area contributed by atoms with Crippen molar-refractivity contribution in [1.29, 1.82) is 0 Å². The number of ether oxygens (including phenoxy) is 1. The highest BCUT2D eigenvalue weighted by Gasteiger charge is 2.37. The van der Waals surface area contributed by atoms with Gasteiger partial charge in [0.15, 0.2) is 5.82 Å². The van der Waals surface area contributed by atoms with E-state index in [1.165, 1.54) is 12.1 Å². The maximum Gasteiger partial charge on any atom is 0.573 e. The molecular weight excluding hydrogens is 463 g/mol. The zero-order valence-corrected chi connectivity index (χ0v) is 20.2. The summed E-state index contributed by atoms with van der Waals surface area (Å²) < 4.78 is 47.3. The molecule has 0 aliphatic carbocycles. The van der Waals surface area contributed by atoms with Crippen LogP contribution in [0, 0.1) is 0 Å². The Kier molecular flexibility index (Phi) is 6.99. The number of nitrogens with zero attached hydrogens (tertiary/aromatic N) is 4. The lowest BCUT2D eigenvalue weighted by Gasteiger charge is -2.41. The summed E-state index contributed by atoms with van der Waals surface area (Å²) in [5.74, 6) is 0.466. The fourth-order valence-corrected chi connectivity index (χ4v) is 4.61. The summed E-state index contributed by atoms with van der Waals surface area (Å²) >= 11 is 0. The summed E-state index contributed by atoms with van der Waals surface area (Å²) in [7, 11) is 0. The predicted molar refractivity (Wildman–Crippen MR) is 122 cm³/mol. The number of carbonyl (C=O) groups is 1. The van der Waals surface area contributed by atoms with Gasteiger partial charge in [-0.2, -0.15) is 4.98 Å². The highest BCUT2D eigenvalue weighted by molar-refractivity contribution is 5.75. The summed E-state index contributed by atoms with van der Waals surface area (Å²) in [4.78, 5) is 21.6. The van der Waals surface area contributed by atoms with E-state index >= 15 is 0 Å². The third-order valence-corrected chi connectivity index (χ3v) is 6.58. The molecule has 2 atom stereocenters. The van der Waals surface area contributed by atoms with Crippen molar-refractivity contribution in [1.82, 2.24) is 19.9 Å². The van der Waals surface area contributed by atoms with Crippen LogP contribution < -0.4 is 10.5 Å². The number of halogens is 3. The van der Waals surface area contributed by atoms with E-state index in [0.717, 1.165) is 18.4 Å². The number of alkyl halides is 3. The van der Waals surface area contributed by atoms with E-state index < -0.39 is 6.36 Å². The van der Waals surface area contributed by atoms with Crippen molar-refractivity contribution < 1.29 is 27.2 Å². The van der Waals surface area contributed by atoms with Gasteiger partial charge in [-0.05, 0) is 37.0 Å². The lowest BCUT2D eigenvalue weighted by molar-refractivity contribution is -0.274. The predicted octanol–water partition coefficient (Wildman–Crippen LogP) is 4.38. The zero-order chi connectivity index (χ0) is 25.4. The number of nitrogens with two attached hydrogens (primary N) is 1. The second-order valence-corrected chi connectivity index (χ2v) is 10.5. The van der Waals surface area contributed by atoms with Gasteiger partial charge < -0.3 is 24.8 Å². The quantitative estimate of drug-likeness (QED) is 0.679. The van der Waals surface area contributed by atoms with E-state index in [-0.39, 0.29) is 35.1 Å². The molecule has 0 saturated carbocycles. The number of hydrogen-bond donors (Lipinski definition) is 1. The fourth-order valence-electron chi connectivity index (χ4n) is 4.61. The van der Waals surface area contributed by atoms with Crippen LogP contribution in [0.4, 0.5) is 18.0 Å². The second kappa shape index (κ2) is 9.67. The number of urea groups is 1. The van der Waals surface area contributed by atoms with Gasteiger partial charge in [-0.25, -0.2) is 4.79 Å². The van der Waals surface area contributed by atoms with Gasteiger partial charge in [0.1, 0.15) is 5.75 Å². The first-order valence-electron chi connectivity index (χ1n) is 11.9. The van der Waals surface area contributed by atoms with Gasteiger partial charge >= 0.3 is 12.4 Å². The van der Waals surface area contributed by atoms with Crippen LogP contribution in [-0.4, -0.2) is 64.6 Å². The maximum absolute atomic E-state index is 13.4. The van der Waals surface area contributed by atoms with Crippen molar-refractivity contribution in [3.8, 4) is 5.75 Å². The van der Waals surface area contributed by atoms with Crippen molar-refractivity contribution in [3.05, 3.63) is 41.5 Å². The molecule has 11 heteroatoms. The Balaban J connectivity index is 1.57. The lowest BCUT2D eigenvalue weighted by Crippen LogP contribution is -2.52. The molecule has 2 fully saturated rings. The molecule has 2 aliphatic rings.